The summed E-state index contributed by atoms with van der Waals surface area (Å²) in [5.74, 6) is 0. The Kier molecular flexibility index (Phi) is 2.84. The Labute approximate surface area is 72.1 Å². The Hall–Kier alpha value is -1.33. The van der Waals surface area contributed by atoms with Gasteiger partial charge >= 0.3 is 0 Å². The smallest absolute Gasteiger partial charge is 0.144 e. The molecule has 0 aliphatic heterocycles. The molecule has 0 aliphatic carbocycles. The van der Waals surface area contributed by atoms with Gasteiger partial charge in [0.25, 0.3) is 0 Å². The lowest BCUT2D eigenvalue weighted by molar-refractivity contribution is 0.231. The van der Waals surface area contributed by atoms with Crippen LogP contribution in [0.2, 0.25) is 0 Å². The van der Waals surface area contributed by atoms with E-state index < -0.39 is 6.10 Å². The van der Waals surface area contributed by atoms with Crippen LogP contribution in [0, 0.1) is 18.3 Å². The zero-order valence-electron chi connectivity index (χ0n) is 6.99. The minimum Gasteiger partial charge on any atom is -0.378 e. The second-order valence-corrected chi connectivity index (χ2v) is 2.84. The Morgan fingerprint density at radius 1 is 1.58 bits per heavy atom. The molecule has 0 bridgehead atoms. The van der Waals surface area contributed by atoms with E-state index in [-0.39, 0.29) is 0 Å². The molecule has 2 nitrogen and oxygen atoms in total. The number of rotatable bonds is 2. The fourth-order valence-corrected chi connectivity index (χ4v) is 1.11. The van der Waals surface area contributed by atoms with Gasteiger partial charge in [0, 0.05) is 6.42 Å². The number of aliphatic hydroxyl groups excluding tert-OH is 1. The van der Waals surface area contributed by atoms with Gasteiger partial charge in [-0.3, -0.25) is 0 Å². The first-order chi connectivity index (χ1) is 5.72. The van der Waals surface area contributed by atoms with Crippen LogP contribution in [0.4, 0.5) is 0 Å². The summed E-state index contributed by atoms with van der Waals surface area (Å²) in [6.07, 6.45) is -0.468. The third-order valence-electron chi connectivity index (χ3n) is 1.66. The third kappa shape index (κ3) is 2.37. The molecule has 0 aromatic heterocycles. The van der Waals surface area contributed by atoms with E-state index in [0.29, 0.717) is 6.42 Å². The first kappa shape index (κ1) is 8.76. The molecule has 1 N–H and O–H groups in total. The van der Waals surface area contributed by atoms with Crippen LogP contribution in [-0.2, 0) is 6.42 Å². The van der Waals surface area contributed by atoms with E-state index in [1.54, 1.807) is 6.07 Å². The molecule has 0 unspecified atom stereocenters. The van der Waals surface area contributed by atoms with E-state index in [1.165, 1.54) is 0 Å². The van der Waals surface area contributed by atoms with Crippen LogP contribution < -0.4 is 0 Å². The lowest BCUT2D eigenvalue weighted by Crippen LogP contribution is -2.06. The number of hydrogen-bond donors (Lipinski definition) is 1. The Bertz CT molecular complexity index is 301. The van der Waals surface area contributed by atoms with E-state index in [0.717, 1.165) is 11.1 Å². The average Bonchev–Trinajstić information content (AvgIpc) is 2.04. The molecule has 0 aliphatic rings. The number of nitriles is 1. The highest BCUT2D eigenvalue weighted by Crippen LogP contribution is 2.06. The minimum absolute atomic E-state index is 0.415. The normalized spacial score (nSPS) is 12.1. The maximum atomic E-state index is 9.04. The number of nitrogens with zero attached hydrogens (tertiary/aromatic N) is 1. The van der Waals surface area contributed by atoms with E-state index in [2.05, 4.69) is 0 Å². The third-order valence-corrected chi connectivity index (χ3v) is 1.66. The largest absolute Gasteiger partial charge is 0.378 e. The molecule has 0 amide bonds. The molecule has 0 saturated carbocycles. The summed E-state index contributed by atoms with van der Waals surface area (Å²) >= 11 is 0. The van der Waals surface area contributed by atoms with Crippen LogP contribution in [0.15, 0.2) is 24.3 Å². The number of benzene rings is 1. The van der Waals surface area contributed by atoms with Gasteiger partial charge in [0.05, 0.1) is 6.07 Å². The van der Waals surface area contributed by atoms with Crippen molar-refractivity contribution >= 4 is 0 Å². The first-order valence-electron chi connectivity index (χ1n) is 3.85. The van der Waals surface area contributed by atoms with Crippen LogP contribution in [0.25, 0.3) is 0 Å². The molecule has 0 spiro atoms. The topological polar surface area (TPSA) is 44.0 Å². The molecule has 0 saturated heterocycles. The first-order valence-corrected chi connectivity index (χ1v) is 3.85. The van der Waals surface area contributed by atoms with Crippen molar-refractivity contribution in [1.29, 1.82) is 5.26 Å². The number of aliphatic hydroxyl groups is 1. The van der Waals surface area contributed by atoms with E-state index in [9.17, 15) is 0 Å². The number of aryl methyl sites for hydroxylation is 1. The lowest BCUT2D eigenvalue weighted by atomic mass is 10.1. The highest BCUT2D eigenvalue weighted by atomic mass is 16.3. The highest BCUT2D eigenvalue weighted by molar-refractivity contribution is 5.23. The summed E-state index contributed by atoms with van der Waals surface area (Å²) in [6.45, 7) is 1.99. The van der Waals surface area contributed by atoms with Crippen molar-refractivity contribution in [2.24, 2.45) is 0 Å². The summed E-state index contributed by atoms with van der Waals surface area (Å²) in [5.41, 5.74) is 2.15. The van der Waals surface area contributed by atoms with Crippen molar-refractivity contribution in [3.8, 4) is 6.07 Å². The van der Waals surface area contributed by atoms with Crippen molar-refractivity contribution in [2.45, 2.75) is 19.4 Å². The Morgan fingerprint density at radius 2 is 2.33 bits per heavy atom. The molecule has 2 heteroatoms. The van der Waals surface area contributed by atoms with Gasteiger partial charge < -0.3 is 5.11 Å². The van der Waals surface area contributed by atoms with Gasteiger partial charge in [-0.1, -0.05) is 29.8 Å². The van der Waals surface area contributed by atoms with Crippen LogP contribution in [0.3, 0.4) is 0 Å². The maximum Gasteiger partial charge on any atom is 0.144 e. The summed E-state index contributed by atoms with van der Waals surface area (Å²) in [6, 6.07) is 9.59. The van der Waals surface area contributed by atoms with E-state index in [4.69, 9.17) is 10.4 Å². The molecule has 62 valence electrons. The number of hydrogen-bond acceptors (Lipinski definition) is 2. The van der Waals surface area contributed by atoms with Crippen molar-refractivity contribution in [2.75, 3.05) is 0 Å². The molecule has 1 rings (SSSR count). The van der Waals surface area contributed by atoms with Gasteiger partial charge in [-0.2, -0.15) is 5.26 Å². The molecule has 1 aromatic rings. The lowest BCUT2D eigenvalue weighted by Gasteiger charge is -2.02. The van der Waals surface area contributed by atoms with Gasteiger partial charge in [0.1, 0.15) is 6.10 Å². The van der Waals surface area contributed by atoms with Gasteiger partial charge in [-0.25, -0.2) is 0 Å². The fraction of sp³-hybridized carbons (Fsp3) is 0.300. The van der Waals surface area contributed by atoms with Crippen LogP contribution in [0.5, 0.6) is 0 Å². The molecule has 1 atom stereocenters. The van der Waals surface area contributed by atoms with Crippen molar-refractivity contribution < 1.29 is 5.11 Å². The molecular formula is C10H11NO. The fourth-order valence-electron chi connectivity index (χ4n) is 1.11. The maximum absolute atomic E-state index is 9.04. The molecule has 0 heterocycles. The van der Waals surface area contributed by atoms with E-state index >= 15 is 0 Å². The molecule has 0 radical (unpaired) electrons. The zero-order chi connectivity index (χ0) is 8.97. The quantitative estimate of drug-likeness (QED) is 0.667. The second kappa shape index (κ2) is 3.89. The Morgan fingerprint density at radius 3 is 2.92 bits per heavy atom. The predicted molar refractivity (Wildman–Crippen MR) is 46.5 cm³/mol. The highest BCUT2D eigenvalue weighted by Gasteiger charge is 2.02. The summed E-state index contributed by atoms with van der Waals surface area (Å²) in [7, 11) is 0. The second-order valence-electron chi connectivity index (χ2n) is 2.84. The van der Waals surface area contributed by atoms with E-state index in [1.807, 2.05) is 31.2 Å². The van der Waals surface area contributed by atoms with Crippen molar-refractivity contribution in [1.82, 2.24) is 0 Å². The average molecular weight is 161 g/mol. The van der Waals surface area contributed by atoms with Crippen LogP contribution in [-0.4, -0.2) is 11.2 Å². The zero-order valence-corrected chi connectivity index (χ0v) is 6.99. The van der Waals surface area contributed by atoms with Gasteiger partial charge in [-0.15, -0.1) is 0 Å². The molecule has 0 fully saturated rings. The summed E-state index contributed by atoms with van der Waals surface area (Å²) < 4.78 is 0. The standard InChI is InChI=1S/C10H11NO/c1-8-3-2-4-9(5-8)6-10(12)7-11/h2-5,10,12H,6H2,1H3/t10-/m0/s1. The van der Waals surface area contributed by atoms with Crippen LogP contribution >= 0.6 is 0 Å². The SMILES string of the molecule is Cc1cccc(C[C@H](O)C#N)c1. The van der Waals surface area contributed by atoms with Crippen LogP contribution in [0.1, 0.15) is 11.1 Å². The Balaban J connectivity index is 2.71. The van der Waals surface area contributed by atoms with Gasteiger partial charge in [0.15, 0.2) is 0 Å². The monoisotopic (exact) mass is 161 g/mol. The molecular weight excluding hydrogens is 150 g/mol. The molecule has 1 aromatic carbocycles. The van der Waals surface area contributed by atoms with Gasteiger partial charge in [0.2, 0.25) is 0 Å². The van der Waals surface area contributed by atoms with Crippen molar-refractivity contribution in [3.05, 3.63) is 35.4 Å². The van der Waals surface area contributed by atoms with Gasteiger partial charge in [-0.05, 0) is 12.5 Å². The van der Waals surface area contributed by atoms with Crippen molar-refractivity contribution in [3.63, 3.8) is 0 Å². The summed E-state index contributed by atoms with van der Waals surface area (Å²) in [4.78, 5) is 0. The summed E-state index contributed by atoms with van der Waals surface area (Å²) in [5, 5.41) is 17.4. The minimum atomic E-state index is -0.883. The molecule has 12 heavy (non-hydrogen) atoms. The predicted octanol–water partition coefficient (Wildman–Crippen LogP) is 1.42.